The minimum absolute atomic E-state index is 0. The van der Waals surface area contributed by atoms with E-state index in [1.54, 1.807) is 0 Å². The molecule has 0 saturated heterocycles. The molecular weight excluding hydrogens is 434 g/mol. The number of aromatic nitrogens is 1. The molecule has 1 aromatic heterocycles. The Morgan fingerprint density at radius 3 is 2.53 bits per heavy atom. The molecule has 0 aliphatic carbocycles. The molecule has 0 bridgehead atoms. The molecule has 1 rings (SSSR count). The van der Waals surface area contributed by atoms with E-state index in [1.165, 1.54) is 0 Å². The lowest BCUT2D eigenvalue weighted by molar-refractivity contribution is -0.138. The molecule has 0 aliphatic heterocycles. The number of carbonyl (C=O) groups is 1. The minimum atomic E-state index is -1.34. The first-order valence-corrected chi connectivity index (χ1v) is 4.69. The van der Waals surface area contributed by atoms with Crippen LogP contribution in [0.1, 0.15) is 5.56 Å². The van der Waals surface area contributed by atoms with Crippen LogP contribution >= 0.6 is 49.9 Å². The van der Waals surface area contributed by atoms with Crippen molar-refractivity contribution in [3.63, 3.8) is 0 Å². The molecule has 4 nitrogen and oxygen atoms in total. The molecule has 1 unspecified atom stereocenters. The Labute approximate surface area is 125 Å². The summed E-state index contributed by atoms with van der Waals surface area (Å²) in [5, 5.41) is 8.50. The lowest BCUT2D eigenvalue weighted by atomic mass is 10.1. The van der Waals surface area contributed by atoms with E-state index in [0.29, 0.717) is 0 Å². The van der Waals surface area contributed by atoms with Crippen molar-refractivity contribution in [2.45, 2.75) is 12.5 Å². The molecule has 0 fully saturated rings. The second-order valence-electron chi connectivity index (χ2n) is 2.84. The van der Waals surface area contributed by atoms with Crippen molar-refractivity contribution in [1.29, 1.82) is 0 Å². The lowest BCUT2D eigenvalue weighted by Crippen LogP contribution is -2.33. The highest BCUT2D eigenvalue weighted by atomic mass is 79.9. The van der Waals surface area contributed by atoms with Crippen molar-refractivity contribution in [2.24, 2.45) is 5.73 Å². The van der Waals surface area contributed by atoms with Crippen LogP contribution < -0.4 is 5.73 Å². The average molecular weight is 443 g/mol. The van der Waals surface area contributed by atoms with E-state index in [-0.39, 0.29) is 44.1 Å². The third-order valence-electron chi connectivity index (χ3n) is 1.77. The van der Waals surface area contributed by atoms with Gasteiger partial charge in [0.25, 0.3) is 0 Å². The van der Waals surface area contributed by atoms with Crippen LogP contribution in [0.3, 0.4) is 0 Å². The van der Waals surface area contributed by atoms with E-state index in [0.717, 1.165) is 6.20 Å². The molecule has 17 heavy (non-hydrogen) atoms. The van der Waals surface area contributed by atoms with Crippen LogP contribution in [0.15, 0.2) is 10.8 Å². The van der Waals surface area contributed by atoms with Gasteiger partial charge in [-0.2, -0.15) is 0 Å². The average Bonchev–Trinajstić information content (AvgIpc) is 2.18. The summed E-state index contributed by atoms with van der Waals surface area (Å²) in [6.07, 6.45) is 0.380. The fraction of sp³-hybridized carbons (Fsp3) is 0.250. The third-order valence-corrected chi connectivity index (χ3v) is 2.32. The molecular formula is C8H9Br3F2N2O2. The first kappa shape index (κ1) is 19.2. The summed E-state index contributed by atoms with van der Waals surface area (Å²) in [5.41, 5.74) is 4.79. The summed E-state index contributed by atoms with van der Waals surface area (Å²) >= 11 is 2.77. The number of rotatable bonds is 3. The van der Waals surface area contributed by atoms with Crippen LogP contribution in [0.2, 0.25) is 0 Å². The van der Waals surface area contributed by atoms with Gasteiger partial charge in [-0.15, -0.1) is 34.0 Å². The van der Waals surface area contributed by atoms with Gasteiger partial charge in [0.15, 0.2) is 5.82 Å². The Kier molecular flexibility index (Phi) is 9.12. The molecule has 9 heteroatoms. The second-order valence-corrected chi connectivity index (χ2v) is 3.59. The minimum Gasteiger partial charge on any atom is -0.480 e. The number of nitrogens with zero attached hydrogens (tertiary/aromatic N) is 1. The number of pyridine rings is 1. The summed E-state index contributed by atoms with van der Waals surface area (Å²) in [5.74, 6) is -3.15. The monoisotopic (exact) mass is 440 g/mol. The predicted octanol–water partition coefficient (Wildman–Crippen LogP) is 2.23. The number of hydrogen-bond acceptors (Lipinski definition) is 3. The van der Waals surface area contributed by atoms with Crippen molar-refractivity contribution >= 4 is 55.9 Å². The highest BCUT2D eigenvalue weighted by Crippen LogP contribution is 2.19. The van der Waals surface area contributed by atoms with E-state index in [2.05, 4.69) is 20.9 Å². The maximum Gasteiger partial charge on any atom is 0.320 e. The molecule has 1 aromatic rings. The van der Waals surface area contributed by atoms with E-state index in [1.807, 2.05) is 0 Å². The molecule has 0 radical (unpaired) electrons. The second kappa shape index (κ2) is 8.06. The molecule has 0 saturated carbocycles. The van der Waals surface area contributed by atoms with Crippen molar-refractivity contribution in [1.82, 2.24) is 4.98 Å². The van der Waals surface area contributed by atoms with Gasteiger partial charge in [-0.1, -0.05) is 0 Å². The number of aliphatic carboxylic acids is 1. The highest BCUT2D eigenvalue weighted by Gasteiger charge is 2.20. The molecule has 1 atom stereocenters. The van der Waals surface area contributed by atoms with Crippen molar-refractivity contribution in [2.75, 3.05) is 0 Å². The zero-order chi connectivity index (χ0) is 11.6. The lowest BCUT2D eigenvalue weighted by Gasteiger charge is -2.08. The summed E-state index contributed by atoms with van der Waals surface area (Å²) in [6.45, 7) is 0. The molecule has 98 valence electrons. The maximum absolute atomic E-state index is 13.3. The number of hydrogen-bond donors (Lipinski definition) is 2. The van der Waals surface area contributed by atoms with Crippen molar-refractivity contribution in [3.05, 3.63) is 28.0 Å². The Balaban J connectivity index is 0. The van der Waals surface area contributed by atoms with Crippen molar-refractivity contribution < 1.29 is 18.7 Å². The molecule has 3 N–H and O–H groups in total. The van der Waals surface area contributed by atoms with E-state index in [4.69, 9.17) is 10.8 Å². The van der Waals surface area contributed by atoms with Crippen molar-refractivity contribution in [3.8, 4) is 0 Å². The van der Waals surface area contributed by atoms with Gasteiger partial charge in [-0.05, 0) is 15.9 Å². The summed E-state index contributed by atoms with van der Waals surface area (Å²) in [7, 11) is 0. The van der Waals surface area contributed by atoms with Crippen LogP contribution in [0.25, 0.3) is 0 Å². The Morgan fingerprint density at radius 2 is 2.06 bits per heavy atom. The number of carboxylic acid groups (broad SMARTS) is 1. The SMILES string of the molecule is Br.Br.NC(Cc1c(F)cnc(Br)c1F)C(=O)O. The fourth-order valence-electron chi connectivity index (χ4n) is 0.972. The first-order chi connectivity index (χ1) is 6.93. The standard InChI is InChI=1S/C8H7BrF2N2O2.2BrH/c9-7-6(11)3(4(10)2-13-7)1-5(12)8(14)15;;/h2,5H,1,12H2,(H,14,15);2*1H. The highest BCUT2D eigenvalue weighted by molar-refractivity contribution is 9.10. The first-order valence-electron chi connectivity index (χ1n) is 3.90. The zero-order valence-electron chi connectivity index (χ0n) is 8.19. The van der Waals surface area contributed by atoms with Gasteiger partial charge >= 0.3 is 5.97 Å². The molecule has 0 aliphatic rings. The smallest absolute Gasteiger partial charge is 0.320 e. The van der Waals surface area contributed by atoms with Crippen LogP contribution in [0, 0.1) is 11.6 Å². The number of halogens is 5. The van der Waals surface area contributed by atoms with Gasteiger partial charge in [0.1, 0.15) is 16.5 Å². The van der Waals surface area contributed by atoms with E-state index in [9.17, 15) is 13.6 Å². The third kappa shape index (κ3) is 4.94. The molecule has 0 aromatic carbocycles. The zero-order valence-corrected chi connectivity index (χ0v) is 13.2. The van der Waals surface area contributed by atoms with Gasteiger partial charge in [0.2, 0.25) is 0 Å². The Morgan fingerprint density at radius 1 is 1.53 bits per heavy atom. The van der Waals surface area contributed by atoms with Gasteiger partial charge < -0.3 is 10.8 Å². The van der Waals surface area contributed by atoms with Crippen LogP contribution in [0.4, 0.5) is 8.78 Å². The topological polar surface area (TPSA) is 76.2 Å². The van der Waals surface area contributed by atoms with Gasteiger partial charge in [-0.25, -0.2) is 13.8 Å². The molecule has 0 amide bonds. The fourth-order valence-corrected chi connectivity index (χ4v) is 1.31. The van der Waals surface area contributed by atoms with E-state index >= 15 is 0 Å². The predicted molar refractivity (Wildman–Crippen MR) is 71.8 cm³/mol. The Bertz CT molecular complexity index is 407. The normalized spacial score (nSPS) is 11.1. The van der Waals surface area contributed by atoms with Crippen LogP contribution in [-0.2, 0) is 11.2 Å². The van der Waals surface area contributed by atoms with E-state index < -0.39 is 30.1 Å². The van der Waals surface area contributed by atoms with Gasteiger partial charge in [0.05, 0.1) is 6.20 Å². The van der Waals surface area contributed by atoms with Crippen LogP contribution in [-0.4, -0.2) is 22.1 Å². The number of carboxylic acids is 1. The quantitative estimate of drug-likeness (QED) is 0.704. The van der Waals surface area contributed by atoms with Crippen LogP contribution in [0.5, 0.6) is 0 Å². The summed E-state index contributed by atoms with van der Waals surface area (Å²) in [4.78, 5) is 13.8. The Hall–Kier alpha value is -0.120. The van der Waals surface area contributed by atoms with Gasteiger partial charge in [0, 0.05) is 12.0 Å². The number of nitrogens with two attached hydrogens (primary N) is 1. The molecule has 0 spiro atoms. The molecule has 1 heterocycles. The summed E-state index contributed by atoms with van der Waals surface area (Å²) < 4.78 is 26.2. The largest absolute Gasteiger partial charge is 0.480 e. The summed E-state index contributed by atoms with van der Waals surface area (Å²) in [6, 6.07) is -1.34. The van der Waals surface area contributed by atoms with Gasteiger partial charge in [-0.3, -0.25) is 4.79 Å². The maximum atomic E-state index is 13.3.